The minimum absolute atomic E-state index is 0.0331. The minimum atomic E-state index is -0.541. The number of aromatic nitrogens is 2. The van der Waals surface area contributed by atoms with Crippen LogP contribution in [0.2, 0.25) is 0 Å². The van der Waals surface area contributed by atoms with Crippen LogP contribution >= 0.6 is 0 Å². The Labute approximate surface area is 173 Å². The number of aryl methyl sites for hydroxylation is 2. The molecule has 0 saturated carbocycles. The topological polar surface area (TPSA) is 119 Å². The average Bonchev–Trinajstić information content (AvgIpc) is 2.68. The maximum absolute atomic E-state index is 11.8. The van der Waals surface area contributed by atoms with Crippen molar-refractivity contribution in [2.24, 2.45) is 0 Å². The van der Waals surface area contributed by atoms with Gasteiger partial charge in [-0.25, -0.2) is 14.8 Å². The van der Waals surface area contributed by atoms with Gasteiger partial charge in [-0.2, -0.15) is 0 Å². The molecular weight excluding hydrogens is 386 g/mol. The Morgan fingerprint density at radius 3 is 2.10 bits per heavy atom. The summed E-state index contributed by atoms with van der Waals surface area (Å²) < 4.78 is 4.95. The number of anilines is 4. The highest BCUT2D eigenvalue weighted by atomic mass is 16.6. The van der Waals surface area contributed by atoms with Crippen LogP contribution in [0.5, 0.6) is 0 Å². The van der Waals surface area contributed by atoms with Crippen molar-refractivity contribution >= 4 is 34.7 Å². The lowest BCUT2D eigenvalue weighted by molar-refractivity contribution is -0.383. The first kappa shape index (κ1) is 20.7. The quantitative estimate of drug-likeness (QED) is 0.329. The normalized spacial score (nSPS) is 10.4. The molecule has 2 aromatic carbocycles. The summed E-state index contributed by atoms with van der Waals surface area (Å²) >= 11 is 0. The molecular formula is C21H21N5O4. The van der Waals surface area contributed by atoms with Gasteiger partial charge in [0.25, 0.3) is 0 Å². The second kappa shape index (κ2) is 8.99. The molecule has 0 spiro atoms. The van der Waals surface area contributed by atoms with E-state index in [1.54, 1.807) is 31.2 Å². The van der Waals surface area contributed by atoms with Gasteiger partial charge in [0, 0.05) is 11.4 Å². The molecule has 3 aromatic rings. The van der Waals surface area contributed by atoms with Gasteiger partial charge < -0.3 is 15.4 Å². The zero-order valence-corrected chi connectivity index (χ0v) is 16.8. The number of nitrogens with zero attached hydrogens (tertiary/aromatic N) is 3. The van der Waals surface area contributed by atoms with Crippen LogP contribution in [0.1, 0.15) is 28.4 Å². The van der Waals surface area contributed by atoms with Gasteiger partial charge in [-0.1, -0.05) is 6.07 Å². The largest absolute Gasteiger partial charge is 0.462 e. The number of carbonyl (C=O) groups excluding carboxylic acids is 1. The van der Waals surface area contributed by atoms with Crippen LogP contribution in [0.25, 0.3) is 0 Å². The van der Waals surface area contributed by atoms with E-state index in [1.165, 1.54) is 6.33 Å². The van der Waals surface area contributed by atoms with Gasteiger partial charge in [0.2, 0.25) is 11.6 Å². The van der Waals surface area contributed by atoms with E-state index in [-0.39, 0.29) is 23.9 Å². The van der Waals surface area contributed by atoms with Crippen molar-refractivity contribution < 1.29 is 14.5 Å². The highest BCUT2D eigenvalue weighted by Crippen LogP contribution is 2.33. The highest BCUT2D eigenvalue weighted by Gasteiger charge is 2.23. The maximum Gasteiger partial charge on any atom is 0.353 e. The van der Waals surface area contributed by atoms with Crippen molar-refractivity contribution in [2.75, 3.05) is 17.2 Å². The molecule has 2 N–H and O–H groups in total. The number of benzene rings is 2. The molecule has 0 aliphatic heterocycles. The standard InChI is InChI=1S/C21H21N5O4/c1-4-30-21(27)15-5-7-16(8-6-15)24-19-18(26(28)29)20(23-12-22-19)25-17-10-13(2)9-14(3)11-17/h5-12H,4H2,1-3H3,(H2,22,23,24,25). The van der Waals surface area contributed by atoms with Crippen molar-refractivity contribution in [3.05, 3.63) is 75.6 Å². The van der Waals surface area contributed by atoms with Crippen LogP contribution in [0.4, 0.5) is 28.7 Å². The minimum Gasteiger partial charge on any atom is -0.462 e. The van der Waals surface area contributed by atoms with Gasteiger partial charge in [0.1, 0.15) is 6.33 Å². The molecule has 0 aliphatic carbocycles. The van der Waals surface area contributed by atoms with Gasteiger partial charge in [0.15, 0.2) is 0 Å². The fraction of sp³-hybridized carbons (Fsp3) is 0.190. The first-order chi connectivity index (χ1) is 14.4. The van der Waals surface area contributed by atoms with E-state index in [1.807, 2.05) is 32.0 Å². The Balaban J connectivity index is 1.89. The lowest BCUT2D eigenvalue weighted by atomic mass is 10.1. The molecule has 0 saturated heterocycles. The molecule has 9 nitrogen and oxygen atoms in total. The van der Waals surface area contributed by atoms with E-state index in [0.717, 1.165) is 11.1 Å². The van der Waals surface area contributed by atoms with E-state index in [9.17, 15) is 14.9 Å². The molecule has 1 heterocycles. The van der Waals surface area contributed by atoms with Crippen LogP contribution in [0.15, 0.2) is 48.8 Å². The summed E-state index contributed by atoms with van der Waals surface area (Å²) in [6, 6.07) is 12.1. The van der Waals surface area contributed by atoms with E-state index in [0.29, 0.717) is 16.9 Å². The third-order valence-corrected chi connectivity index (χ3v) is 4.15. The Morgan fingerprint density at radius 1 is 1.00 bits per heavy atom. The van der Waals surface area contributed by atoms with E-state index in [4.69, 9.17) is 4.74 Å². The van der Waals surface area contributed by atoms with E-state index in [2.05, 4.69) is 20.6 Å². The van der Waals surface area contributed by atoms with Gasteiger partial charge in [0.05, 0.1) is 17.1 Å². The fourth-order valence-electron chi connectivity index (χ4n) is 2.96. The van der Waals surface area contributed by atoms with Crippen molar-refractivity contribution in [3.63, 3.8) is 0 Å². The fourth-order valence-corrected chi connectivity index (χ4v) is 2.96. The SMILES string of the molecule is CCOC(=O)c1ccc(Nc2ncnc(Nc3cc(C)cc(C)c3)c2[N+](=O)[O-])cc1. The number of hydrogen-bond donors (Lipinski definition) is 2. The van der Waals surface area contributed by atoms with E-state index < -0.39 is 10.9 Å². The molecule has 9 heteroatoms. The summed E-state index contributed by atoms with van der Waals surface area (Å²) in [5, 5.41) is 17.7. The summed E-state index contributed by atoms with van der Waals surface area (Å²) in [5.74, 6) is -0.326. The monoisotopic (exact) mass is 407 g/mol. The summed E-state index contributed by atoms with van der Waals surface area (Å²) in [5.41, 5.74) is 3.37. The molecule has 0 fully saturated rings. The third kappa shape index (κ3) is 4.88. The van der Waals surface area contributed by atoms with Crippen LogP contribution in [0.3, 0.4) is 0 Å². The van der Waals surface area contributed by atoms with Gasteiger partial charge in [-0.3, -0.25) is 10.1 Å². The van der Waals surface area contributed by atoms with E-state index >= 15 is 0 Å². The lowest BCUT2D eigenvalue weighted by Crippen LogP contribution is -2.06. The molecule has 154 valence electrons. The number of esters is 1. The van der Waals surface area contributed by atoms with Crippen molar-refractivity contribution in [1.82, 2.24) is 9.97 Å². The molecule has 3 rings (SSSR count). The predicted molar refractivity (Wildman–Crippen MR) is 114 cm³/mol. The number of nitro groups is 1. The van der Waals surface area contributed by atoms with Crippen LogP contribution in [-0.4, -0.2) is 27.5 Å². The second-order valence-electron chi connectivity index (χ2n) is 6.60. The third-order valence-electron chi connectivity index (χ3n) is 4.15. The second-order valence-corrected chi connectivity index (χ2v) is 6.60. The smallest absolute Gasteiger partial charge is 0.353 e. The molecule has 0 radical (unpaired) electrons. The van der Waals surface area contributed by atoms with Crippen molar-refractivity contribution in [1.29, 1.82) is 0 Å². The molecule has 0 amide bonds. The average molecular weight is 407 g/mol. The summed E-state index contributed by atoms with van der Waals surface area (Å²) in [6.45, 7) is 5.90. The number of rotatable bonds is 7. The van der Waals surface area contributed by atoms with Crippen LogP contribution in [0, 0.1) is 24.0 Å². The Morgan fingerprint density at radius 2 is 1.57 bits per heavy atom. The number of nitrogens with one attached hydrogen (secondary N) is 2. The summed E-state index contributed by atoms with van der Waals surface area (Å²) in [6.07, 6.45) is 1.24. The van der Waals surface area contributed by atoms with Crippen molar-refractivity contribution in [2.45, 2.75) is 20.8 Å². The summed E-state index contributed by atoms with van der Waals surface area (Å²) in [7, 11) is 0. The zero-order valence-electron chi connectivity index (χ0n) is 16.8. The first-order valence-electron chi connectivity index (χ1n) is 9.26. The summed E-state index contributed by atoms with van der Waals surface area (Å²) in [4.78, 5) is 31.1. The number of hydrogen-bond acceptors (Lipinski definition) is 8. The molecule has 0 unspecified atom stereocenters. The lowest BCUT2D eigenvalue weighted by Gasteiger charge is -2.11. The number of ether oxygens (including phenoxy) is 1. The molecule has 0 atom stereocenters. The molecule has 30 heavy (non-hydrogen) atoms. The van der Waals surface area contributed by atoms with Crippen LogP contribution < -0.4 is 10.6 Å². The van der Waals surface area contributed by atoms with Gasteiger partial charge >= 0.3 is 11.7 Å². The maximum atomic E-state index is 11.8. The van der Waals surface area contributed by atoms with Gasteiger partial charge in [-0.15, -0.1) is 0 Å². The Bertz CT molecular complexity index is 1060. The first-order valence-corrected chi connectivity index (χ1v) is 9.26. The Kier molecular flexibility index (Phi) is 6.21. The molecule has 0 aliphatic rings. The molecule has 1 aromatic heterocycles. The number of carbonyl (C=O) groups is 1. The van der Waals surface area contributed by atoms with Crippen LogP contribution in [-0.2, 0) is 4.74 Å². The predicted octanol–water partition coefficient (Wildman–Crippen LogP) is 4.67. The van der Waals surface area contributed by atoms with Gasteiger partial charge in [-0.05, 0) is 68.3 Å². The van der Waals surface area contributed by atoms with Crippen molar-refractivity contribution in [3.8, 4) is 0 Å². The molecule has 0 bridgehead atoms. The highest BCUT2D eigenvalue weighted by molar-refractivity contribution is 5.90. The Hall–Kier alpha value is -4.01. The zero-order chi connectivity index (χ0) is 21.7.